The molecule has 0 unspecified atom stereocenters. The second-order valence-corrected chi connectivity index (χ2v) is 8.95. The topological polar surface area (TPSA) is 58.6 Å². The molecule has 0 fully saturated rings. The van der Waals surface area contributed by atoms with Gasteiger partial charge in [-0.1, -0.05) is 51.1 Å². The van der Waals surface area contributed by atoms with Gasteiger partial charge in [0.15, 0.2) is 11.6 Å². The first-order valence-corrected chi connectivity index (χ1v) is 10.7. The number of rotatable bonds is 5. The van der Waals surface area contributed by atoms with Crippen LogP contribution in [0.5, 0.6) is 5.75 Å². The van der Waals surface area contributed by atoms with Gasteiger partial charge < -0.3 is 10.1 Å². The van der Waals surface area contributed by atoms with E-state index in [1.54, 1.807) is 36.4 Å². The van der Waals surface area contributed by atoms with Gasteiger partial charge in [-0.25, -0.2) is 13.7 Å². The molecule has 0 aromatic heterocycles. The molecule has 1 aliphatic heterocycles. The lowest BCUT2D eigenvalue weighted by atomic mass is 9.87. The van der Waals surface area contributed by atoms with E-state index in [9.17, 15) is 18.4 Å². The molecular weight excluding hydrogens is 438 g/mol. The molecule has 0 bridgehead atoms. The van der Waals surface area contributed by atoms with Crippen LogP contribution in [0.4, 0.5) is 20.2 Å². The first kappa shape index (κ1) is 23.2. The van der Waals surface area contributed by atoms with E-state index in [1.807, 2.05) is 12.1 Å². The molecule has 174 valence electrons. The van der Waals surface area contributed by atoms with Crippen LogP contribution < -0.4 is 15.0 Å². The number of ether oxygens (including phenoxy) is 1. The third kappa shape index (κ3) is 4.17. The Hall–Kier alpha value is -4.00. The number of nitrogens with zero attached hydrogens (tertiary/aromatic N) is 1. The summed E-state index contributed by atoms with van der Waals surface area (Å²) in [6.07, 6.45) is 0. The third-order valence-electron chi connectivity index (χ3n) is 5.64. The highest BCUT2D eigenvalue weighted by atomic mass is 19.2. The summed E-state index contributed by atoms with van der Waals surface area (Å²) in [5, 5.41) is 2.83. The van der Waals surface area contributed by atoms with E-state index >= 15 is 0 Å². The normalized spacial score (nSPS) is 14.1. The van der Waals surface area contributed by atoms with Crippen molar-refractivity contribution < 1.29 is 23.1 Å². The average molecular weight is 462 g/mol. The predicted molar refractivity (Wildman–Crippen MR) is 128 cm³/mol. The molecule has 34 heavy (non-hydrogen) atoms. The van der Waals surface area contributed by atoms with Crippen LogP contribution in [0.25, 0.3) is 5.57 Å². The van der Waals surface area contributed by atoms with Crippen LogP contribution in [0.1, 0.15) is 31.9 Å². The molecule has 0 saturated heterocycles. The van der Waals surface area contributed by atoms with Crippen LogP contribution in [0, 0.1) is 11.6 Å². The lowest BCUT2D eigenvalue weighted by Crippen LogP contribution is -2.32. The molecule has 1 heterocycles. The first-order chi connectivity index (χ1) is 16.1. The highest BCUT2D eigenvalue weighted by Gasteiger charge is 2.41. The lowest BCUT2D eigenvalue weighted by Gasteiger charge is -2.21. The number of imide groups is 1. The minimum atomic E-state index is -1.07. The second kappa shape index (κ2) is 8.74. The minimum absolute atomic E-state index is 0.0552. The van der Waals surface area contributed by atoms with E-state index in [1.165, 1.54) is 13.2 Å². The summed E-state index contributed by atoms with van der Waals surface area (Å²) in [5.74, 6) is -2.86. The third-order valence-corrected chi connectivity index (χ3v) is 5.64. The molecule has 0 radical (unpaired) electrons. The Labute approximate surface area is 196 Å². The number of anilines is 2. The molecule has 1 N–H and O–H groups in total. The Kier molecular flexibility index (Phi) is 5.96. The fraction of sp³-hybridized carbons (Fsp3) is 0.185. The Morgan fingerprint density at radius 3 is 2.15 bits per heavy atom. The van der Waals surface area contributed by atoms with E-state index in [4.69, 9.17) is 4.74 Å². The van der Waals surface area contributed by atoms with Gasteiger partial charge in [-0.2, -0.15) is 0 Å². The van der Waals surface area contributed by atoms with Crippen LogP contribution in [-0.4, -0.2) is 18.9 Å². The van der Waals surface area contributed by atoms with Gasteiger partial charge in [0.2, 0.25) is 0 Å². The molecular formula is C27H24F2N2O3. The monoisotopic (exact) mass is 462 g/mol. The van der Waals surface area contributed by atoms with Crippen molar-refractivity contribution in [2.24, 2.45) is 0 Å². The van der Waals surface area contributed by atoms with Crippen molar-refractivity contribution in [1.29, 1.82) is 0 Å². The van der Waals surface area contributed by atoms with E-state index in [0.717, 1.165) is 22.6 Å². The summed E-state index contributed by atoms with van der Waals surface area (Å²) in [6, 6.07) is 17.2. The summed E-state index contributed by atoms with van der Waals surface area (Å²) in [4.78, 5) is 28.2. The van der Waals surface area contributed by atoms with Gasteiger partial charge in [0.05, 0.1) is 18.4 Å². The van der Waals surface area contributed by atoms with E-state index in [-0.39, 0.29) is 22.4 Å². The molecule has 0 saturated carbocycles. The second-order valence-electron chi connectivity index (χ2n) is 8.95. The molecule has 5 nitrogen and oxygen atoms in total. The maximum Gasteiger partial charge on any atom is 0.282 e. The predicted octanol–water partition coefficient (Wildman–Crippen LogP) is 5.67. The summed E-state index contributed by atoms with van der Waals surface area (Å²) in [5.41, 5.74) is 1.91. The van der Waals surface area contributed by atoms with E-state index in [0.29, 0.717) is 17.0 Å². The highest BCUT2D eigenvalue weighted by molar-refractivity contribution is 6.46. The minimum Gasteiger partial charge on any atom is -0.496 e. The largest absolute Gasteiger partial charge is 0.496 e. The van der Waals surface area contributed by atoms with E-state index < -0.39 is 23.4 Å². The van der Waals surface area contributed by atoms with Crippen LogP contribution in [0.3, 0.4) is 0 Å². The zero-order valence-corrected chi connectivity index (χ0v) is 19.3. The first-order valence-electron chi connectivity index (χ1n) is 10.7. The Morgan fingerprint density at radius 2 is 1.53 bits per heavy atom. The molecule has 7 heteroatoms. The summed E-state index contributed by atoms with van der Waals surface area (Å²) >= 11 is 0. The molecule has 3 aromatic rings. The van der Waals surface area contributed by atoms with Crippen LogP contribution >= 0.6 is 0 Å². The number of hydrogen-bond acceptors (Lipinski definition) is 4. The molecule has 0 atom stereocenters. The lowest BCUT2D eigenvalue weighted by molar-refractivity contribution is -0.120. The zero-order valence-electron chi connectivity index (χ0n) is 19.3. The molecule has 0 spiro atoms. The number of methoxy groups -OCH3 is 1. The standard InChI is InChI=1S/C27H24F2N2O3/c1-27(2,3)16-9-12-18(13-10-16)31-25(32)23(19-7-5-6-8-22(19)34-4)24(26(31)33)30-17-11-14-20(28)21(29)15-17/h5-15,30H,1-4H3. The average Bonchev–Trinajstić information content (AvgIpc) is 3.04. The van der Waals surface area contributed by atoms with Crippen molar-refractivity contribution in [3.05, 3.63) is 95.2 Å². The molecule has 3 aromatic carbocycles. The highest BCUT2D eigenvalue weighted by Crippen LogP contribution is 2.38. The number of para-hydroxylation sites is 1. The van der Waals surface area contributed by atoms with Gasteiger partial charge in [-0.3, -0.25) is 9.59 Å². The van der Waals surface area contributed by atoms with Crippen LogP contribution in [-0.2, 0) is 15.0 Å². The summed E-state index contributed by atoms with van der Waals surface area (Å²) in [6.45, 7) is 6.21. The van der Waals surface area contributed by atoms with Crippen molar-refractivity contribution in [2.75, 3.05) is 17.3 Å². The quantitative estimate of drug-likeness (QED) is 0.497. The number of nitrogens with one attached hydrogen (secondary N) is 1. The summed E-state index contributed by atoms with van der Waals surface area (Å²) < 4.78 is 32.7. The Morgan fingerprint density at radius 1 is 0.853 bits per heavy atom. The SMILES string of the molecule is COc1ccccc1C1=C(Nc2ccc(F)c(F)c2)C(=O)N(c2ccc(C(C)(C)C)cc2)C1=O. The molecule has 0 aliphatic carbocycles. The van der Waals surface area contributed by atoms with Gasteiger partial charge >= 0.3 is 0 Å². The smallest absolute Gasteiger partial charge is 0.282 e. The van der Waals surface area contributed by atoms with Gasteiger partial charge in [0, 0.05) is 17.3 Å². The maximum atomic E-state index is 13.8. The fourth-order valence-corrected chi connectivity index (χ4v) is 3.81. The molecule has 1 aliphatic rings. The van der Waals surface area contributed by atoms with Crippen molar-refractivity contribution in [1.82, 2.24) is 0 Å². The summed E-state index contributed by atoms with van der Waals surface area (Å²) in [7, 11) is 1.46. The number of hydrogen-bond donors (Lipinski definition) is 1. The zero-order chi connectivity index (χ0) is 24.6. The van der Waals surface area contributed by atoms with E-state index in [2.05, 4.69) is 26.1 Å². The Balaban J connectivity index is 1.82. The molecule has 4 rings (SSSR count). The Bertz CT molecular complexity index is 1310. The molecule has 2 amide bonds. The van der Waals surface area contributed by atoms with Crippen molar-refractivity contribution >= 4 is 28.8 Å². The van der Waals surface area contributed by atoms with Crippen LogP contribution in [0.2, 0.25) is 0 Å². The number of amides is 2. The van der Waals surface area contributed by atoms with Gasteiger partial charge in [0.25, 0.3) is 11.8 Å². The maximum absolute atomic E-state index is 13.8. The number of carbonyl (C=O) groups excluding carboxylic acids is 2. The van der Waals surface area contributed by atoms with Crippen molar-refractivity contribution in [3.8, 4) is 5.75 Å². The van der Waals surface area contributed by atoms with Crippen molar-refractivity contribution in [2.45, 2.75) is 26.2 Å². The van der Waals surface area contributed by atoms with Gasteiger partial charge in [-0.05, 0) is 41.3 Å². The number of benzene rings is 3. The van der Waals surface area contributed by atoms with Crippen molar-refractivity contribution in [3.63, 3.8) is 0 Å². The number of halogens is 2. The fourth-order valence-electron chi connectivity index (χ4n) is 3.81. The number of carbonyl (C=O) groups is 2. The van der Waals surface area contributed by atoms with Gasteiger partial charge in [0.1, 0.15) is 11.4 Å². The van der Waals surface area contributed by atoms with Crippen LogP contribution in [0.15, 0.2) is 72.4 Å². The van der Waals surface area contributed by atoms with Gasteiger partial charge in [-0.15, -0.1) is 0 Å².